The maximum absolute atomic E-state index is 11.5. The Morgan fingerprint density at radius 2 is 2.10 bits per heavy atom. The smallest absolute Gasteiger partial charge is 0.408 e. The highest BCUT2D eigenvalue weighted by molar-refractivity contribution is 5.66. The first-order chi connectivity index (χ1) is 9.61. The molecule has 1 heterocycles. The fraction of sp³-hybridized carbons (Fsp3) is 0.500. The van der Waals surface area contributed by atoms with Crippen LogP contribution in [-0.2, 0) is 11.3 Å². The number of nitrogens with zero attached hydrogens (tertiary/aromatic N) is 1. The Morgan fingerprint density at radius 1 is 1.45 bits per heavy atom. The first-order valence-corrected chi connectivity index (χ1v) is 6.52. The van der Waals surface area contributed by atoms with Crippen LogP contribution in [0.15, 0.2) is 24.3 Å². The summed E-state index contributed by atoms with van der Waals surface area (Å²) in [7, 11) is 1.60. The zero-order chi connectivity index (χ0) is 14.6. The van der Waals surface area contributed by atoms with E-state index in [1.165, 1.54) is 4.90 Å². The van der Waals surface area contributed by atoms with Gasteiger partial charge in [0.25, 0.3) is 0 Å². The number of carbonyl (C=O) groups is 1. The summed E-state index contributed by atoms with van der Waals surface area (Å²) in [5.41, 5.74) is 6.03. The van der Waals surface area contributed by atoms with Crippen molar-refractivity contribution in [3.63, 3.8) is 0 Å². The predicted octanol–water partition coefficient (Wildman–Crippen LogP) is 1.29. The molecule has 6 heteroatoms. The molecule has 0 aliphatic carbocycles. The van der Waals surface area contributed by atoms with E-state index in [0.717, 1.165) is 11.3 Å². The molecule has 3 N–H and O–H groups in total. The fourth-order valence-corrected chi connectivity index (χ4v) is 2.39. The Morgan fingerprint density at radius 3 is 2.50 bits per heavy atom. The maximum atomic E-state index is 11.5. The summed E-state index contributed by atoms with van der Waals surface area (Å²) in [6.45, 7) is 1.58. The molecule has 20 heavy (non-hydrogen) atoms. The van der Waals surface area contributed by atoms with Gasteiger partial charge in [-0.2, -0.15) is 0 Å². The van der Waals surface area contributed by atoms with Gasteiger partial charge in [-0.25, -0.2) is 4.79 Å². The Kier molecular flexibility index (Phi) is 4.46. The third-order valence-corrected chi connectivity index (χ3v) is 3.65. The summed E-state index contributed by atoms with van der Waals surface area (Å²) < 4.78 is 10.3. The number of methoxy groups -OCH3 is 1. The van der Waals surface area contributed by atoms with Gasteiger partial charge in [-0.3, -0.25) is 4.90 Å². The molecule has 110 valence electrons. The van der Waals surface area contributed by atoms with E-state index in [2.05, 4.69) is 0 Å². The van der Waals surface area contributed by atoms with Crippen molar-refractivity contribution in [2.75, 3.05) is 26.9 Å². The number of benzene rings is 1. The molecule has 1 amide bonds. The van der Waals surface area contributed by atoms with Gasteiger partial charge in [0.15, 0.2) is 0 Å². The van der Waals surface area contributed by atoms with Gasteiger partial charge < -0.3 is 20.3 Å². The van der Waals surface area contributed by atoms with Crippen molar-refractivity contribution in [1.29, 1.82) is 0 Å². The van der Waals surface area contributed by atoms with Gasteiger partial charge in [0.05, 0.1) is 25.9 Å². The third kappa shape index (κ3) is 2.86. The number of amides is 1. The lowest BCUT2D eigenvalue weighted by atomic mass is 9.90. The fourth-order valence-electron chi connectivity index (χ4n) is 2.39. The minimum atomic E-state index is -0.947. The van der Waals surface area contributed by atoms with Gasteiger partial charge >= 0.3 is 6.09 Å². The van der Waals surface area contributed by atoms with Gasteiger partial charge in [-0.15, -0.1) is 0 Å². The summed E-state index contributed by atoms with van der Waals surface area (Å²) in [5.74, 6) is 0.749. The molecule has 0 atom stereocenters. The zero-order valence-electron chi connectivity index (χ0n) is 11.5. The van der Waals surface area contributed by atoms with Crippen LogP contribution in [0.5, 0.6) is 5.75 Å². The highest BCUT2D eigenvalue weighted by Crippen LogP contribution is 2.30. The standard InChI is InChI=1S/C14H20N2O4/c1-19-12-4-2-11(3-5-12)8-16(13(17)18)14(6-7-15)9-20-10-14/h2-5H,6-10,15H2,1H3,(H,17,18). The number of ether oxygens (including phenoxy) is 2. The van der Waals surface area contributed by atoms with Crippen LogP contribution >= 0.6 is 0 Å². The summed E-state index contributed by atoms with van der Waals surface area (Å²) in [5, 5.41) is 9.47. The third-order valence-electron chi connectivity index (χ3n) is 3.65. The second-order valence-corrected chi connectivity index (χ2v) is 4.97. The van der Waals surface area contributed by atoms with Crippen LogP contribution in [0.4, 0.5) is 4.79 Å². The van der Waals surface area contributed by atoms with E-state index in [0.29, 0.717) is 32.7 Å². The van der Waals surface area contributed by atoms with Crippen LogP contribution in [0.25, 0.3) is 0 Å². The number of hydrogen-bond donors (Lipinski definition) is 2. The second kappa shape index (κ2) is 6.11. The maximum Gasteiger partial charge on any atom is 0.408 e. The Labute approximate surface area is 118 Å². The molecule has 1 fully saturated rings. The molecule has 0 spiro atoms. The van der Waals surface area contributed by atoms with Crippen LogP contribution in [0.1, 0.15) is 12.0 Å². The SMILES string of the molecule is COc1ccc(CN(C(=O)O)C2(CCN)COC2)cc1. The number of nitrogens with two attached hydrogens (primary N) is 1. The van der Waals surface area contributed by atoms with Crippen molar-refractivity contribution in [2.45, 2.75) is 18.5 Å². The molecule has 1 aliphatic rings. The van der Waals surface area contributed by atoms with Gasteiger partial charge in [0, 0.05) is 6.54 Å². The summed E-state index contributed by atoms with van der Waals surface area (Å²) in [4.78, 5) is 13.0. The first kappa shape index (κ1) is 14.6. The molecular weight excluding hydrogens is 260 g/mol. The van der Waals surface area contributed by atoms with Crippen molar-refractivity contribution in [3.8, 4) is 5.75 Å². The highest BCUT2D eigenvalue weighted by atomic mass is 16.5. The molecule has 2 rings (SSSR count). The summed E-state index contributed by atoms with van der Waals surface area (Å²) in [6, 6.07) is 7.37. The number of rotatable bonds is 6. The molecular formula is C14H20N2O4. The van der Waals surface area contributed by atoms with Crippen molar-refractivity contribution in [2.24, 2.45) is 5.73 Å². The average Bonchev–Trinajstić information content (AvgIpc) is 2.41. The summed E-state index contributed by atoms with van der Waals surface area (Å²) >= 11 is 0. The topological polar surface area (TPSA) is 85.0 Å². The van der Waals surface area contributed by atoms with Gasteiger partial charge in [-0.05, 0) is 30.7 Å². The van der Waals surface area contributed by atoms with E-state index >= 15 is 0 Å². The molecule has 1 aromatic carbocycles. The molecule has 0 radical (unpaired) electrons. The summed E-state index contributed by atoms with van der Waals surface area (Å²) in [6.07, 6.45) is -0.340. The van der Waals surface area contributed by atoms with Crippen LogP contribution < -0.4 is 10.5 Å². The molecule has 0 bridgehead atoms. The van der Waals surface area contributed by atoms with Crippen LogP contribution in [0, 0.1) is 0 Å². The lowest BCUT2D eigenvalue weighted by molar-refractivity contribution is -0.134. The van der Waals surface area contributed by atoms with E-state index in [1.54, 1.807) is 7.11 Å². The van der Waals surface area contributed by atoms with E-state index in [9.17, 15) is 9.90 Å². The van der Waals surface area contributed by atoms with Crippen LogP contribution in [0.3, 0.4) is 0 Å². The van der Waals surface area contributed by atoms with Crippen LogP contribution in [0.2, 0.25) is 0 Å². The van der Waals surface area contributed by atoms with E-state index < -0.39 is 11.6 Å². The largest absolute Gasteiger partial charge is 0.497 e. The Balaban J connectivity index is 2.14. The average molecular weight is 280 g/mol. The minimum absolute atomic E-state index is 0.322. The molecule has 0 saturated carbocycles. The van der Waals surface area contributed by atoms with Gasteiger partial charge in [0.2, 0.25) is 0 Å². The minimum Gasteiger partial charge on any atom is -0.497 e. The van der Waals surface area contributed by atoms with Crippen molar-refractivity contribution in [1.82, 2.24) is 4.90 Å². The van der Waals surface area contributed by atoms with E-state index in [4.69, 9.17) is 15.2 Å². The quantitative estimate of drug-likeness (QED) is 0.820. The molecule has 0 aromatic heterocycles. The number of hydrogen-bond acceptors (Lipinski definition) is 4. The molecule has 1 aliphatic heterocycles. The van der Waals surface area contributed by atoms with Crippen molar-refractivity contribution >= 4 is 6.09 Å². The zero-order valence-corrected chi connectivity index (χ0v) is 11.5. The van der Waals surface area contributed by atoms with Crippen molar-refractivity contribution in [3.05, 3.63) is 29.8 Å². The van der Waals surface area contributed by atoms with Gasteiger partial charge in [0.1, 0.15) is 5.75 Å². The van der Waals surface area contributed by atoms with Crippen LogP contribution in [-0.4, -0.2) is 48.5 Å². The monoisotopic (exact) mass is 280 g/mol. The molecule has 1 saturated heterocycles. The van der Waals surface area contributed by atoms with E-state index in [1.807, 2.05) is 24.3 Å². The Hall–Kier alpha value is -1.79. The normalized spacial score (nSPS) is 16.3. The Bertz CT molecular complexity index is 457. The number of carboxylic acid groups (broad SMARTS) is 1. The van der Waals surface area contributed by atoms with Gasteiger partial charge in [-0.1, -0.05) is 12.1 Å². The first-order valence-electron chi connectivity index (χ1n) is 6.52. The van der Waals surface area contributed by atoms with E-state index in [-0.39, 0.29) is 0 Å². The molecule has 1 aromatic rings. The molecule has 6 nitrogen and oxygen atoms in total. The van der Waals surface area contributed by atoms with Crippen molar-refractivity contribution < 1.29 is 19.4 Å². The lowest BCUT2D eigenvalue weighted by Crippen LogP contribution is -2.64. The predicted molar refractivity (Wildman–Crippen MR) is 73.8 cm³/mol. The lowest BCUT2D eigenvalue weighted by Gasteiger charge is -2.48. The second-order valence-electron chi connectivity index (χ2n) is 4.97. The molecule has 0 unspecified atom stereocenters. The highest BCUT2D eigenvalue weighted by Gasteiger charge is 2.45.